The predicted molar refractivity (Wildman–Crippen MR) is 248 cm³/mol. The van der Waals surface area contributed by atoms with Crippen molar-refractivity contribution in [1.82, 2.24) is 25.9 Å². The second-order valence-corrected chi connectivity index (χ2v) is 17.0. The smallest absolute Gasteiger partial charge is 0.255 e. The minimum absolute atomic E-state index is 0.0484. The number of hydrogen-bond acceptors (Lipinski definition) is 11. The summed E-state index contributed by atoms with van der Waals surface area (Å²) in [4.78, 5) is 60.2. The first kappa shape index (κ1) is 44.0. The zero-order valence-corrected chi connectivity index (χ0v) is 36.1. The van der Waals surface area contributed by atoms with E-state index in [0.29, 0.717) is 58.0 Å². The molecule has 3 fully saturated rings. The number of amides is 4. The van der Waals surface area contributed by atoms with Gasteiger partial charge in [-0.15, -0.1) is 0 Å². The first-order valence-corrected chi connectivity index (χ1v) is 22.3. The highest BCUT2D eigenvalue weighted by Crippen LogP contribution is 2.28. The van der Waals surface area contributed by atoms with Crippen LogP contribution >= 0.6 is 11.6 Å². The Morgan fingerprint density at radius 2 is 1.39 bits per heavy atom. The number of nitrogens with one attached hydrogen (secondary N) is 7. The second-order valence-electron chi connectivity index (χ2n) is 16.6. The number of carbonyl (C=O) groups excluding carboxylic acids is 4. The van der Waals surface area contributed by atoms with Gasteiger partial charge in [-0.3, -0.25) is 24.5 Å². The van der Waals surface area contributed by atoms with Crippen molar-refractivity contribution in [2.24, 2.45) is 5.92 Å². The minimum Gasteiger partial charge on any atom is -0.374 e. The average molecular weight is 887 g/mol. The standard InChI is InChI=1S/C48H52ClFN10O4/c49-39-3-1-2-4-41(39)57-46(63)32-5-9-35(10-6-32)54-44-40(50)29-52-48(59-44)56-37-11-7-31(8-12-37)45(62)55-36-15-13-33(14-16-36)51-26-23-30-24-27-60(28-25-30)38-19-17-34(18-20-38)53-42-21-22-43(61)58-47(42)64/h1-12,17-20,29-30,33,36,42,51,53H,13-16,21-28H2,(H,55,62)(H,57,63)(H,58,61,64)(H2,52,54,56,59). The highest BCUT2D eigenvalue weighted by atomic mass is 35.5. The number of benzene rings is 4. The van der Waals surface area contributed by atoms with Gasteiger partial charge in [0, 0.05) is 65.5 Å². The van der Waals surface area contributed by atoms with Crippen LogP contribution in [0.15, 0.2) is 103 Å². The molecule has 332 valence electrons. The van der Waals surface area contributed by atoms with Gasteiger partial charge in [0.25, 0.3) is 11.8 Å². The fraction of sp³-hybridized carbons (Fsp3) is 0.333. The van der Waals surface area contributed by atoms with Gasteiger partial charge in [0.15, 0.2) is 11.6 Å². The third-order valence-electron chi connectivity index (χ3n) is 12.2. The minimum atomic E-state index is -0.652. The molecule has 1 saturated carbocycles. The molecule has 1 unspecified atom stereocenters. The number of imide groups is 1. The molecule has 1 atom stereocenters. The lowest BCUT2D eigenvalue weighted by Crippen LogP contribution is -2.47. The van der Waals surface area contributed by atoms with Crippen molar-refractivity contribution in [2.75, 3.05) is 45.8 Å². The Labute approximate surface area is 376 Å². The predicted octanol–water partition coefficient (Wildman–Crippen LogP) is 8.16. The molecule has 3 heterocycles. The first-order valence-electron chi connectivity index (χ1n) is 21.9. The van der Waals surface area contributed by atoms with Crippen molar-refractivity contribution in [3.8, 4) is 0 Å². The van der Waals surface area contributed by atoms with Crippen LogP contribution in [0, 0.1) is 11.7 Å². The van der Waals surface area contributed by atoms with E-state index in [9.17, 15) is 23.6 Å². The number of piperidine rings is 2. The number of hydrogen-bond donors (Lipinski definition) is 7. The Morgan fingerprint density at radius 3 is 2.08 bits per heavy atom. The lowest BCUT2D eigenvalue weighted by atomic mass is 9.90. The number of halogens is 2. The topological polar surface area (TPSA) is 182 Å². The van der Waals surface area contributed by atoms with Crippen LogP contribution in [0.2, 0.25) is 5.02 Å². The Bertz CT molecular complexity index is 2420. The van der Waals surface area contributed by atoms with E-state index >= 15 is 0 Å². The normalized spacial score (nSPS) is 19.0. The second kappa shape index (κ2) is 20.7. The van der Waals surface area contributed by atoms with Crippen LogP contribution < -0.4 is 42.1 Å². The number of nitrogens with zero attached hydrogens (tertiary/aromatic N) is 3. The van der Waals surface area contributed by atoms with Crippen LogP contribution in [-0.4, -0.2) is 71.4 Å². The third kappa shape index (κ3) is 11.7. The van der Waals surface area contributed by atoms with Crippen LogP contribution in [0.1, 0.15) is 78.5 Å². The zero-order valence-electron chi connectivity index (χ0n) is 35.3. The van der Waals surface area contributed by atoms with E-state index < -0.39 is 5.82 Å². The van der Waals surface area contributed by atoms with E-state index in [0.717, 1.165) is 76.5 Å². The molecule has 4 amide bonds. The van der Waals surface area contributed by atoms with E-state index in [1.807, 2.05) is 12.1 Å². The Hall–Kier alpha value is -6.58. The third-order valence-corrected chi connectivity index (χ3v) is 12.5. The van der Waals surface area contributed by atoms with Crippen LogP contribution in [0.5, 0.6) is 0 Å². The molecule has 5 aromatic rings. The molecule has 2 saturated heterocycles. The van der Waals surface area contributed by atoms with Gasteiger partial charge in [0.1, 0.15) is 6.04 Å². The van der Waals surface area contributed by atoms with Crippen molar-refractivity contribution in [1.29, 1.82) is 0 Å². The molecular weight excluding hydrogens is 835 g/mol. The van der Waals surface area contributed by atoms with Gasteiger partial charge < -0.3 is 36.8 Å². The summed E-state index contributed by atoms with van der Waals surface area (Å²) in [7, 11) is 0. The van der Waals surface area contributed by atoms with E-state index in [-0.39, 0.29) is 47.5 Å². The van der Waals surface area contributed by atoms with Crippen LogP contribution in [0.25, 0.3) is 0 Å². The number of aromatic nitrogens is 2. The summed E-state index contributed by atoms with van der Waals surface area (Å²) in [5.74, 6) is -0.783. The Morgan fingerprint density at radius 1 is 0.750 bits per heavy atom. The molecule has 8 rings (SSSR count). The maximum atomic E-state index is 14.7. The highest BCUT2D eigenvalue weighted by molar-refractivity contribution is 6.33. The molecule has 14 nitrogen and oxygen atoms in total. The number of anilines is 7. The van der Waals surface area contributed by atoms with Crippen LogP contribution in [-0.2, 0) is 9.59 Å². The molecule has 0 spiro atoms. The van der Waals surface area contributed by atoms with Crippen LogP contribution in [0.3, 0.4) is 0 Å². The average Bonchev–Trinajstić information content (AvgIpc) is 3.31. The quantitative estimate of drug-likeness (QED) is 0.0504. The molecule has 0 radical (unpaired) electrons. The summed E-state index contributed by atoms with van der Waals surface area (Å²) in [5, 5.41) is 21.8. The SMILES string of the molecule is O=C1CCC(Nc2ccc(N3CCC(CCNC4CCC(NC(=O)c5ccc(Nc6ncc(F)c(Nc7ccc(C(=O)Nc8ccccc8Cl)cc7)n6)cc5)CC4)CC3)cc2)C(=O)N1. The summed E-state index contributed by atoms with van der Waals surface area (Å²) >= 11 is 6.16. The molecule has 1 aromatic heterocycles. The van der Waals surface area contributed by atoms with Crippen molar-refractivity contribution >= 4 is 75.4 Å². The molecule has 7 N–H and O–H groups in total. The fourth-order valence-electron chi connectivity index (χ4n) is 8.43. The summed E-state index contributed by atoms with van der Waals surface area (Å²) in [6, 6.07) is 28.9. The summed E-state index contributed by atoms with van der Waals surface area (Å²) in [6.07, 6.45) is 9.25. The molecule has 4 aromatic carbocycles. The van der Waals surface area contributed by atoms with Gasteiger partial charge in [-0.2, -0.15) is 4.98 Å². The van der Waals surface area contributed by atoms with Crippen molar-refractivity contribution in [2.45, 2.75) is 75.9 Å². The summed E-state index contributed by atoms with van der Waals surface area (Å²) < 4.78 is 14.7. The summed E-state index contributed by atoms with van der Waals surface area (Å²) in [6.45, 7) is 3.03. The molecular formula is C48H52ClFN10O4. The van der Waals surface area contributed by atoms with Gasteiger partial charge >= 0.3 is 0 Å². The van der Waals surface area contributed by atoms with Gasteiger partial charge in [-0.05, 0) is 149 Å². The van der Waals surface area contributed by atoms with E-state index in [1.54, 1.807) is 72.8 Å². The van der Waals surface area contributed by atoms with E-state index in [2.05, 4.69) is 64.2 Å². The Balaban J connectivity index is 0.717. The summed E-state index contributed by atoms with van der Waals surface area (Å²) in [5.41, 5.74) is 4.66. The number of para-hydroxylation sites is 1. The lowest BCUT2D eigenvalue weighted by molar-refractivity contribution is -0.133. The number of carbonyl (C=O) groups is 4. The Kier molecular flexibility index (Phi) is 14.3. The van der Waals surface area contributed by atoms with Crippen molar-refractivity contribution in [3.63, 3.8) is 0 Å². The fourth-order valence-corrected chi connectivity index (χ4v) is 8.61. The maximum absolute atomic E-state index is 14.7. The van der Waals surface area contributed by atoms with Crippen molar-refractivity contribution < 1.29 is 23.6 Å². The molecule has 16 heteroatoms. The first-order chi connectivity index (χ1) is 31.1. The van der Waals surface area contributed by atoms with Gasteiger partial charge in [-0.1, -0.05) is 23.7 Å². The monoisotopic (exact) mass is 886 g/mol. The van der Waals surface area contributed by atoms with E-state index in [4.69, 9.17) is 11.6 Å². The molecule has 64 heavy (non-hydrogen) atoms. The zero-order chi connectivity index (χ0) is 44.4. The molecule has 0 bridgehead atoms. The molecule has 3 aliphatic rings. The molecule has 1 aliphatic carbocycles. The largest absolute Gasteiger partial charge is 0.374 e. The number of rotatable bonds is 15. The van der Waals surface area contributed by atoms with Crippen LogP contribution in [0.4, 0.5) is 44.6 Å². The van der Waals surface area contributed by atoms with Gasteiger partial charge in [0.05, 0.1) is 16.9 Å². The highest BCUT2D eigenvalue weighted by Gasteiger charge is 2.27. The maximum Gasteiger partial charge on any atom is 0.255 e. The van der Waals surface area contributed by atoms with E-state index in [1.165, 1.54) is 5.69 Å². The molecule has 2 aliphatic heterocycles. The lowest BCUT2D eigenvalue weighted by Gasteiger charge is -2.34. The van der Waals surface area contributed by atoms with Crippen molar-refractivity contribution in [3.05, 3.63) is 125 Å². The van der Waals surface area contributed by atoms with Gasteiger partial charge in [-0.25, -0.2) is 9.37 Å². The van der Waals surface area contributed by atoms with Gasteiger partial charge in [0.2, 0.25) is 17.8 Å².